The highest BCUT2D eigenvalue weighted by Gasteiger charge is 2.12. The summed E-state index contributed by atoms with van der Waals surface area (Å²) in [5.41, 5.74) is 0.928. The van der Waals surface area contributed by atoms with E-state index in [1.54, 1.807) is 0 Å². The predicted octanol–water partition coefficient (Wildman–Crippen LogP) is 3.75. The molecule has 130 valence electrons. The van der Waals surface area contributed by atoms with Gasteiger partial charge in [-0.05, 0) is 30.5 Å². The Hall–Kier alpha value is -1.95. The van der Waals surface area contributed by atoms with Gasteiger partial charge in [0.25, 0.3) is 5.56 Å². The van der Waals surface area contributed by atoms with E-state index in [4.69, 9.17) is 4.74 Å². The number of aromatic nitrogens is 2. The molecule has 0 saturated carbocycles. The maximum atomic E-state index is 12.2. The number of nitrogens with zero attached hydrogens (tertiary/aromatic N) is 1. The van der Waals surface area contributed by atoms with Crippen molar-refractivity contribution in [2.24, 2.45) is 0 Å². The van der Waals surface area contributed by atoms with Crippen molar-refractivity contribution in [2.75, 3.05) is 12.4 Å². The molecule has 0 aliphatic rings. The number of unbranched alkanes of at least 4 members (excludes halogenated alkanes) is 1. The van der Waals surface area contributed by atoms with E-state index >= 15 is 0 Å². The molecule has 0 saturated heterocycles. The normalized spacial score (nSPS) is 10.8. The molecule has 2 rings (SSSR count). The lowest BCUT2D eigenvalue weighted by molar-refractivity contribution is 0.317. The molecule has 0 bridgehead atoms. The zero-order valence-corrected chi connectivity index (χ0v) is 15.0. The molecule has 0 atom stereocenters. The molecule has 0 aliphatic heterocycles. The van der Waals surface area contributed by atoms with Crippen LogP contribution >= 0.6 is 11.8 Å². The van der Waals surface area contributed by atoms with E-state index in [1.165, 1.54) is 11.8 Å². The molecule has 5 nitrogen and oxygen atoms in total. The van der Waals surface area contributed by atoms with Gasteiger partial charge >= 0.3 is 0 Å². The fraction of sp³-hybridized carbons (Fsp3) is 0.444. The third-order valence-electron chi connectivity index (χ3n) is 3.49. The minimum Gasteiger partial charge on any atom is -0.494 e. The van der Waals surface area contributed by atoms with Crippen molar-refractivity contribution in [3.8, 4) is 11.6 Å². The molecule has 6 heteroatoms. The Balaban J connectivity index is 2.07. The monoisotopic (exact) mass is 348 g/mol. The van der Waals surface area contributed by atoms with Gasteiger partial charge in [-0.25, -0.2) is 0 Å². The van der Waals surface area contributed by atoms with Crippen LogP contribution in [-0.4, -0.2) is 27.4 Å². The van der Waals surface area contributed by atoms with Gasteiger partial charge in [-0.15, -0.1) is 0 Å². The SMILES string of the molecule is CCCCSc1nc(O)c(Cc2ccc(OCCC)cc2)c(=O)[nH]1. The van der Waals surface area contributed by atoms with Crippen molar-refractivity contribution in [3.63, 3.8) is 0 Å². The molecule has 1 aromatic carbocycles. The van der Waals surface area contributed by atoms with Gasteiger partial charge in [-0.2, -0.15) is 4.98 Å². The summed E-state index contributed by atoms with van der Waals surface area (Å²) in [6.45, 7) is 4.84. The maximum Gasteiger partial charge on any atom is 0.258 e. The topological polar surface area (TPSA) is 75.2 Å². The quantitative estimate of drug-likeness (QED) is 0.410. The summed E-state index contributed by atoms with van der Waals surface area (Å²) in [6, 6.07) is 7.54. The number of H-pyrrole nitrogens is 1. The van der Waals surface area contributed by atoms with E-state index in [-0.39, 0.29) is 17.0 Å². The van der Waals surface area contributed by atoms with Crippen LogP contribution in [0.25, 0.3) is 0 Å². The zero-order chi connectivity index (χ0) is 17.4. The van der Waals surface area contributed by atoms with Crippen LogP contribution in [0.15, 0.2) is 34.2 Å². The summed E-state index contributed by atoms with van der Waals surface area (Å²) in [5, 5.41) is 10.6. The predicted molar refractivity (Wildman–Crippen MR) is 97.2 cm³/mol. The van der Waals surface area contributed by atoms with Gasteiger partial charge in [0.05, 0.1) is 12.2 Å². The summed E-state index contributed by atoms with van der Waals surface area (Å²) in [4.78, 5) is 19.1. The lowest BCUT2D eigenvalue weighted by Crippen LogP contribution is -2.15. The Morgan fingerprint density at radius 3 is 2.58 bits per heavy atom. The van der Waals surface area contributed by atoms with Gasteiger partial charge in [0.1, 0.15) is 5.75 Å². The van der Waals surface area contributed by atoms with Crippen molar-refractivity contribution < 1.29 is 9.84 Å². The minimum atomic E-state index is -0.284. The second-order valence-corrected chi connectivity index (χ2v) is 6.63. The summed E-state index contributed by atoms with van der Waals surface area (Å²) >= 11 is 1.45. The molecule has 1 heterocycles. The number of nitrogens with one attached hydrogen (secondary N) is 1. The van der Waals surface area contributed by atoms with Crippen LogP contribution in [0.4, 0.5) is 0 Å². The van der Waals surface area contributed by atoms with E-state index in [0.29, 0.717) is 18.2 Å². The van der Waals surface area contributed by atoms with Crippen LogP contribution in [0.3, 0.4) is 0 Å². The van der Waals surface area contributed by atoms with Crippen molar-refractivity contribution in [3.05, 3.63) is 45.7 Å². The van der Waals surface area contributed by atoms with Gasteiger partial charge in [0.2, 0.25) is 5.88 Å². The van der Waals surface area contributed by atoms with Gasteiger partial charge in [0, 0.05) is 12.2 Å². The number of benzene rings is 1. The number of aromatic hydroxyl groups is 1. The Morgan fingerprint density at radius 2 is 1.96 bits per heavy atom. The first-order chi connectivity index (χ1) is 11.6. The van der Waals surface area contributed by atoms with Crippen LogP contribution in [0.5, 0.6) is 11.6 Å². The number of thioether (sulfide) groups is 1. The Bertz CT molecular complexity index is 698. The molecule has 0 radical (unpaired) electrons. The van der Waals surface area contributed by atoms with E-state index in [0.717, 1.165) is 36.3 Å². The highest BCUT2D eigenvalue weighted by atomic mass is 32.2. The number of hydrogen-bond acceptors (Lipinski definition) is 5. The fourth-order valence-electron chi connectivity index (χ4n) is 2.13. The van der Waals surface area contributed by atoms with E-state index in [9.17, 15) is 9.90 Å². The molecule has 0 unspecified atom stereocenters. The maximum absolute atomic E-state index is 12.2. The highest BCUT2D eigenvalue weighted by molar-refractivity contribution is 7.99. The summed E-state index contributed by atoms with van der Waals surface area (Å²) in [6.07, 6.45) is 3.42. The number of hydrogen-bond donors (Lipinski definition) is 2. The summed E-state index contributed by atoms with van der Waals surface area (Å²) < 4.78 is 5.54. The molecular weight excluding hydrogens is 324 g/mol. The van der Waals surface area contributed by atoms with Crippen molar-refractivity contribution in [2.45, 2.75) is 44.7 Å². The average molecular weight is 348 g/mol. The number of aromatic amines is 1. The Kier molecular flexibility index (Phi) is 7.18. The first kappa shape index (κ1) is 18.4. The second-order valence-electron chi connectivity index (χ2n) is 5.54. The number of ether oxygens (including phenoxy) is 1. The lowest BCUT2D eigenvalue weighted by atomic mass is 10.1. The fourth-order valence-corrected chi connectivity index (χ4v) is 3.08. The summed E-state index contributed by atoms with van der Waals surface area (Å²) in [7, 11) is 0. The van der Waals surface area contributed by atoms with Crippen molar-refractivity contribution in [1.29, 1.82) is 0 Å². The first-order valence-electron chi connectivity index (χ1n) is 8.30. The van der Waals surface area contributed by atoms with Crippen LogP contribution in [-0.2, 0) is 6.42 Å². The van der Waals surface area contributed by atoms with E-state index in [1.807, 2.05) is 24.3 Å². The van der Waals surface area contributed by atoms with E-state index in [2.05, 4.69) is 23.8 Å². The van der Waals surface area contributed by atoms with Crippen LogP contribution in [0.2, 0.25) is 0 Å². The smallest absolute Gasteiger partial charge is 0.258 e. The molecule has 0 amide bonds. The van der Waals surface area contributed by atoms with Gasteiger partial charge in [-0.1, -0.05) is 44.2 Å². The highest BCUT2D eigenvalue weighted by Crippen LogP contribution is 2.21. The number of rotatable bonds is 9. The molecule has 0 aliphatic carbocycles. The minimum absolute atomic E-state index is 0.191. The van der Waals surface area contributed by atoms with Crippen molar-refractivity contribution >= 4 is 11.8 Å². The lowest BCUT2D eigenvalue weighted by Gasteiger charge is -2.07. The van der Waals surface area contributed by atoms with E-state index < -0.39 is 0 Å². The second kappa shape index (κ2) is 9.37. The van der Waals surface area contributed by atoms with Gasteiger partial charge < -0.3 is 14.8 Å². The molecule has 0 spiro atoms. The van der Waals surface area contributed by atoms with Crippen molar-refractivity contribution in [1.82, 2.24) is 9.97 Å². The third-order valence-corrected chi connectivity index (χ3v) is 4.45. The van der Waals surface area contributed by atoms with Crippen LogP contribution in [0.1, 0.15) is 44.2 Å². The molecule has 0 fully saturated rings. The Labute approximate surface area is 146 Å². The molecule has 24 heavy (non-hydrogen) atoms. The summed E-state index contributed by atoms with van der Waals surface area (Å²) in [5.74, 6) is 1.49. The zero-order valence-electron chi connectivity index (χ0n) is 14.2. The first-order valence-corrected chi connectivity index (χ1v) is 9.29. The Morgan fingerprint density at radius 1 is 1.21 bits per heavy atom. The third kappa shape index (κ3) is 5.30. The van der Waals surface area contributed by atoms with Gasteiger partial charge in [0.15, 0.2) is 5.16 Å². The molecule has 2 N–H and O–H groups in total. The molecular formula is C18H24N2O3S. The van der Waals surface area contributed by atoms with Crippen LogP contribution in [0, 0.1) is 0 Å². The van der Waals surface area contributed by atoms with Crippen LogP contribution < -0.4 is 10.3 Å². The molecule has 1 aromatic heterocycles. The standard InChI is InChI=1S/C18H24N2O3S/c1-3-5-11-24-18-19-16(21)15(17(22)20-18)12-13-6-8-14(9-7-13)23-10-4-2/h6-9H,3-5,10-12H2,1-2H3,(H2,19,20,21,22). The average Bonchev–Trinajstić information content (AvgIpc) is 2.57. The molecule has 2 aromatic rings. The largest absolute Gasteiger partial charge is 0.494 e. The van der Waals surface area contributed by atoms with Gasteiger partial charge in [-0.3, -0.25) is 4.79 Å².